The molecule has 2 aliphatic rings. The second-order valence-electron chi connectivity index (χ2n) is 12.4. The van der Waals surface area contributed by atoms with Crippen molar-refractivity contribution in [1.29, 1.82) is 0 Å². The Balaban J connectivity index is 0.00000325. The summed E-state index contributed by atoms with van der Waals surface area (Å²) in [6.45, 7) is 1.45. The number of carbonyl (C=O) groups is 4. The fourth-order valence-electron chi connectivity index (χ4n) is 7.08. The van der Waals surface area contributed by atoms with Crippen molar-refractivity contribution in [3.05, 3.63) is 101 Å². The summed E-state index contributed by atoms with van der Waals surface area (Å²) in [5, 5.41) is 15.9. The summed E-state index contributed by atoms with van der Waals surface area (Å²) in [5.74, 6) is -1.60. The third-order valence-electron chi connectivity index (χ3n) is 9.60. The molecule has 5 rings (SSSR count). The van der Waals surface area contributed by atoms with Crippen LogP contribution >= 0.6 is 27.0 Å². The van der Waals surface area contributed by atoms with Crippen LogP contribution in [0.4, 0.5) is 0 Å². The van der Waals surface area contributed by atoms with E-state index in [9.17, 15) is 24.3 Å². The highest BCUT2D eigenvalue weighted by Gasteiger charge is 2.49. The van der Waals surface area contributed by atoms with Gasteiger partial charge in [-0.2, -0.15) is 27.0 Å². The van der Waals surface area contributed by atoms with Gasteiger partial charge < -0.3 is 31.1 Å². The van der Waals surface area contributed by atoms with Crippen LogP contribution in [0.25, 0.3) is 0 Å². The monoisotopic (exact) mass is 708 g/mol. The number of aliphatic carboxylic acids is 1. The third-order valence-corrected chi connectivity index (χ3v) is 9.60. The van der Waals surface area contributed by atoms with Crippen LogP contribution in [-0.4, -0.2) is 72.5 Å². The Hall–Kier alpha value is -4.00. The number of likely N-dealkylation sites (tertiary alicyclic amines) is 1. The molecule has 0 radical (unpaired) electrons. The highest BCUT2D eigenvalue weighted by atomic mass is 32.1. The first-order valence-corrected chi connectivity index (χ1v) is 16.4. The molecule has 3 atom stereocenters. The van der Waals surface area contributed by atoms with E-state index in [-0.39, 0.29) is 57.2 Å². The molecule has 10 nitrogen and oxygen atoms in total. The minimum Gasteiger partial charge on any atom is -0.496 e. The predicted molar refractivity (Wildman–Crippen MR) is 199 cm³/mol. The summed E-state index contributed by atoms with van der Waals surface area (Å²) in [6, 6.07) is 22.9. The van der Waals surface area contributed by atoms with Crippen LogP contribution in [-0.2, 0) is 19.8 Å². The molecule has 264 valence electrons. The normalized spacial score (nSPS) is 19.2. The Morgan fingerprint density at radius 2 is 1.57 bits per heavy atom. The van der Waals surface area contributed by atoms with Gasteiger partial charge in [-0.15, -0.1) is 0 Å². The standard InChI is InChI=1S/C37H44N4O6.2H2S/c1-47-32-17-8-6-14-29(32)33(42)39-26-19-23-41(24-20-26)34(43)28-18-21-37(25-11-3-2-4-12-25,30-15-7-5-13-27(28)30)36(46)40-31(35(44)45)16-9-10-22-38;;/h2-8,11-15,17,26,28,31H,9-10,16,18-24,38H2,1H3,(H,39,42)(H,40,46)(H,44,45);2*1H2/t28-,31-,37+;;/m0../s1. The molecule has 5 N–H and O–H groups in total. The molecule has 3 amide bonds. The number of unbranched alkanes of at least 4 members (excludes halogenated alkanes) is 1. The zero-order valence-corrected chi connectivity index (χ0v) is 29.8. The van der Waals surface area contributed by atoms with Crippen molar-refractivity contribution in [1.82, 2.24) is 15.5 Å². The van der Waals surface area contributed by atoms with E-state index >= 15 is 0 Å². The average Bonchev–Trinajstić information content (AvgIpc) is 3.11. The Bertz CT molecular complexity index is 1580. The van der Waals surface area contributed by atoms with Gasteiger partial charge >= 0.3 is 5.97 Å². The van der Waals surface area contributed by atoms with E-state index in [0.717, 1.165) is 16.7 Å². The predicted octanol–water partition coefficient (Wildman–Crippen LogP) is 4.20. The Labute approximate surface area is 302 Å². The summed E-state index contributed by atoms with van der Waals surface area (Å²) in [5.41, 5.74) is 7.20. The summed E-state index contributed by atoms with van der Waals surface area (Å²) in [4.78, 5) is 55.4. The van der Waals surface area contributed by atoms with Gasteiger partial charge in [-0.25, -0.2) is 4.79 Å². The van der Waals surface area contributed by atoms with Crippen molar-refractivity contribution in [3.8, 4) is 5.75 Å². The number of nitrogens with one attached hydrogen (secondary N) is 2. The van der Waals surface area contributed by atoms with E-state index in [1.807, 2.05) is 65.6 Å². The summed E-state index contributed by atoms with van der Waals surface area (Å²) >= 11 is 0. The first kappa shape index (κ1) is 39.4. The Morgan fingerprint density at radius 3 is 2.24 bits per heavy atom. The van der Waals surface area contributed by atoms with Gasteiger partial charge in [-0.05, 0) is 80.3 Å². The number of fused-ring (bicyclic) bond motifs is 1. The lowest BCUT2D eigenvalue weighted by molar-refractivity contribution is -0.143. The number of nitrogens with zero attached hydrogens (tertiary/aromatic N) is 1. The van der Waals surface area contributed by atoms with Crippen molar-refractivity contribution in [2.75, 3.05) is 26.7 Å². The van der Waals surface area contributed by atoms with Gasteiger partial charge in [0.15, 0.2) is 0 Å². The van der Waals surface area contributed by atoms with Gasteiger partial charge in [-0.1, -0.05) is 66.7 Å². The van der Waals surface area contributed by atoms with Crippen LogP contribution in [0.3, 0.4) is 0 Å². The van der Waals surface area contributed by atoms with Crippen LogP contribution in [0.5, 0.6) is 5.75 Å². The number of carboxylic acid groups (broad SMARTS) is 1. The largest absolute Gasteiger partial charge is 0.496 e. The molecular weight excluding hydrogens is 661 g/mol. The molecule has 3 aromatic rings. The first-order valence-electron chi connectivity index (χ1n) is 16.4. The minimum absolute atomic E-state index is 0. The van der Waals surface area contributed by atoms with Crippen molar-refractivity contribution in [3.63, 3.8) is 0 Å². The van der Waals surface area contributed by atoms with Crippen molar-refractivity contribution < 1.29 is 29.0 Å². The molecule has 1 saturated heterocycles. The molecular formula is C37H48N4O6S2. The SMILES string of the molecule is COc1ccccc1C(=O)NC1CCN(C(=O)[C@H]2CC[C@@](C(=O)N[C@@H](CCCCN)C(=O)O)(c3ccccc3)c3ccccc32)CC1.S.S. The second kappa shape index (κ2) is 18.1. The molecule has 0 saturated carbocycles. The maximum Gasteiger partial charge on any atom is 0.326 e. The van der Waals surface area contributed by atoms with E-state index in [1.165, 1.54) is 7.11 Å². The molecule has 0 aromatic heterocycles. The van der Waals surface area contributed by atoms with Crippen molar-refractivity contribution >= 4 is 50.7 Å². The Kier molecular flexibility index (Phi) is 14.6. The number of hydrogen-bond acceptors (Lipinski definition) is 6. The zero-order valence-electron chi connectivity index (χ0n) is 27.8. The molecule has 0 spiro atoms. The number of methoxy groups -OCH3 is 1. The molecule has 1 aliphatic carbocycles. The quantitative estimate of drug-likeness (QED) is 0.206. The number of para-hydroxylation sites is 1. The molecule has 1 heterocycles. The summed E-state index contributed by atoms with van der Waals surface area (Å²) in [6.07, 6.45) is 3.54. The number of nitrogens with two attached hydrogens (primary N) is 1. The average molecular weight is 709 g/mol. The number of carboxylic acids is 1. The van der Waals surface area contributed by atoms with E-state index in [1.54, 1.807) is 18.2 Å². The molecule has 1 aliphatic heterocycles. The highest BCUT2D eigenvalue weighted by Crippen LogP contribution is 2.48. The van der Waals surface area contributed by atoms with Gasteiger partial charge in [0.05, 0.1) is 24.0 Å². The number of hydrogen-bond donors (Lipinski definition) is 4. The lowest BCUT2D eigenvalue weighted by atomic mass is 9.62. The highest BCUT2D eigenvalue weighted by molar-refractivity contribution is 7.59. The van der Waals surface area contributed by atoms with Crippen LogP contribution < -0.4 is 21.1 Å². The minimum atomic E-state index is -1.16. The van der Waals surface area contributed by atoms with Gasteiger partial charge in [0.25, 0.3) is 5.91 Å². The molecule has 0 bridgehead atoms. The smallest absolute Gasteiger partial charge is 0.326 e. The first-order chi connectivity index (χ1) is 22.8. The summed E-state index contributed by atoms with van der Waals surface area (Å²) in [7, 11) is 1.54. The third kappa shape index (κ3) is 8.60. The molecule has 12 heteroatoms. The maximum atomic E-state index is 14.3. The van der Waals surface area contributed by atoms with Crippen LogP contribution in [0.15, 0.2) is 78.9 Å². The topological polar surface area (TPSA) is 151 Å². The fraction of sp³-hybridized carbons (Fsp3) is 0.405. The Morgan fingerprint density at radius 1 is 0.918 bits per heavy atom. The molecule has 1 fully saturated rings. The number of ether oxygens (including phenoxy) is 1. The lowest BCUT2D eigenvalue weighted by Gasteiger charge is -2.43. The van der Waals surface area contributed by atoms with E-state index in [2.05, 4.69) is 10.6 Å². The van der Waals surface area contributed by atoms with Gasteiger partial charge in [-0.3, -0.25) is 14.4 Å². The molecule has 0 unspecified atom stereocenters. The van der Waals surface area contributed by atoms with Crippen LogP contribution in [0.2, 0.25) is 0 Å². The van der Waals surface area contributed by atoms with E-state index < -0.39 is 23.3 Å². The van der Waals surface area contributed by atoms with Crippen LogP contribution in [0.1, 0.15) is 77.9 Å². The van der Waals surface area contributed by atoms with Crippen LogP contribution in [0, 0.1) is 0 Å². The number of rotatable bonds is 12. The number of benzene rings is 3. The van der Waals surface area contributed by atoms with E-state index in [4.69, 9.17) is 10.5 Å². The number of amides is 3. The maximum absolute atomic E-state index is 14.3. The molecule has 3 aromatic carbocycles. The number of piperidine rings is 1. The number of carbonyl (C=O) groups excluding carboxylic acids is 3. The van der Waals surface area contributed by atoms with Crippen molar-refractivity contribution in [2.45, 2.75) is 68.4 Å². The van der Waals surface area contributed by atoms with E-state index in [0.29, 0.717) is 69.5 Å². The van der Waals surface area contributed by atoms with Gasteiger partial charge in [0.1, 0.15) is 11.8 Å². The fourth-order valence-corrected chi connectivity index (χ4v) is 7.08. The van der Waals surface area contributed by atoms with Gasteiger partial charge in [0, 0.05) is 19.1 Å². The van der Waals surface area contributed by atoms with Gasteiger partial charge in [0.2, 0.25) is 11.8 Å². The van der Waals surface area contributed by atoms with Crippen molar-refractivity contribution in [2.24, 2.45) is 5.73 Å². The zero-order chi connectivity index (χ0) is 33.4. The second-order valence-corrected chi connectivity index (χ2v) is 12.4. The lowest BCUT2D eigenvalue weighted by Crippen LogP contribution is -2.54. The molecule has 49 heavy (non-hydrogen) atoms. The summed E-state index contributed by atoms with van der Waals surface area (Å²) < 4.78 is 5.34.